The van der Waals surface area contributed by atoms with Crippen molar-refractivity contribution in [3.05, 3.63) is 0 Å². The third kappa shape index (κ3) is 7.24. The summed E-state index contributed by atoms with van der Waals surface area (Å²) in [4.78, 5) is 2.57. The standard InChI is InChI=1S/C12H25NO.C2H6/c1-11(12(2)14)7-6-10-13-8-4-3-5-9-13;1-2/h11-12,14H,3-10H2,1-2H3;1-2H3/t11?,12-;/m0./s1. The molecule has 1 heterocycles. The Morgan fingerprint density at radius 3 is 2.12 bits per heavy atom. The van der Waals surface area contributed by atoms with Crippen molar-refractivity contribution < 1.29 is 5.11 Å². The molecule has 1 aliphatic heterocycles. The maximum absolute atomic E-state index is 9.34. The van der Waals surface area contributed by atoms with E-state index < -0.39 is 0 Å². The van der Waals surface area contributed by atoms with Crippen LogP contribution < -0.4 is 0 Å². The predicted octanol–water partition coefficient (Wildman–Crippen LogP) is 3.30. The number of piperidine rings is 1. The third-order valence-electron chi connectivity index (χ3n) is 3.41. The van der Waals surface area contributed by atoms with Crippen LogP contribution in [-0.2, 0) is 0 Å². The van der Waals surface area contributed by atoms with Gasteiger partial charge in [0, 0.05) is 0 Å². The van der Waals surface area contributed by atoms with Crippen LogP contribution in [0.4, 0.5) is 0 Å². The number of hydrogen-bond acceptors (Lipinski definition) is 2. The first-order valence-electron chi connectivity index (χ1n) is 7.10. The van der Waals surface area contributed by atoms with Crippen LogP contribution in [0.25, 0.3) is 0 Å². The molecule has 0 bridgehead atoms. The van der Waals surface area contributed by atoms with Gasteiger partial charge < -0.3 is 10.0 Å². The van der Waals surface area contributed by atoms with E-state index in [4.69, 9.17) is 0 Å². The minimum atomic E-state index is -0.142. The van der Waals surface area contributed by atoms with Crippen molar-refractivity contribution in [3.63, 3.8) is 0 Å². The van der Waals surface area contributed by atoms with Gasteiger partial charge in [-0.05, 0) is 58.2 Å². The van der Waals surface area contributed by atoms with Gasteiger partial charge in [0.05, 0.1) is 6.10 Å². The predicted molar refractivity (Wildman–Crippen MR) is 71.7 cm³/mol. The number of rotatable bonds is 5. The minimum Gasteiger partial charge on any atom is -0.393 e. The largest absolute Gasteiger partial charge is 0.393 e. The Labute approximate surface area is 102 Å². The van der Waals surface area contributed by atoms with Crippen LogP contribution in [0.3, 0.4) is 0 Å². The molecule has 2 atom stereocenters. The monoisotopic (exact) mass is 229 g/mol. The van der Waals surface area contributed by atoms with Crippen LogP contribution in [0.15, 0.2) is 0 Å². The van der Waals surface area contributed by atoms with Crippen LogP contribution >= 0.6 is 0 Å². The Morgan fingerprint density at radius 2 is 1.62 bits per heavy atom. The number of nitrogens with zero attached hydrogens (tertiary/aromatic N) is 1. The van der Waals surface area contributed by atoms with Crippen molar-refractivity contribution in [2.24, 2.45) is 5.92 Å². The molecular formula is C14H31NO. The van der Waals surface area contributed by atoms with Gasteiger partial charge in [-0.15, -0.1) is 0 Å². The van der Waals surface area contributed by atoms with Gasteiger partial charge in [0.25, 0.3) is 0 Å². The normalized spacial score (nSPS) is 20.8. The summed E-state index contributed by atoms with van der Waals surface area (Å²) >= 11 is 0. The van der Waals surface area contributed by atoms with E-state index >= 15 is 0 Å². The van der Waals surface area contributed by atoms with Crippen molar-refractivity contribution in [1.82, 2.24) is 4.90 Å². The zero-order chi connectivity index (χ0) is 12.4. The van der Waals surface area contributed by atoms with Crippen molar-refractivity contribution >= 4 is 0 Å². The average Bonchev–Trinajstić information content (AvgIpc) is 2.33. The maximum atomic E-state index is 9.34. The summed E-state index contributed by atoms with van der Waals surface area (Å²) in [7, 11) is 0. The minimum absolute atomic E-state index is 0.142. The smallest absolute Gasteiger partial charge is 0.0537 e. The van der Waals surface area contributed by atoms with Crippen molar-refractivity contribution in [1.29, 1.82) is 0 Å². The fourth-order valence-electron chi connectivity index (χ4n) is 2.06. The van der Waals surface area contributed by atoms with Crippen molar-refractivity contribution in [2.75, 3.05) is 19.6 Å². The summed E-state index contributed by atoms with van der Waals surface area (Å²) in [6.45, 7) is 11.9. The first-order chi connectivity index (χ1) is 7.70. The van der Waals surface area contributed by atoms with E-state index in [1.165, 1.54) is 45.3 Å². The lowest BCUT2D eigenvalue weighted by Gasteiger charge is -2.27. The topological polar surface area (TPSA) is 23.5 Å². The molecule has 2 heteroatoms. The highest BCUT2D eigenvalue weighted by Gasteiger charge is 2.12. The lowest BCUT2D eigenvalue weighted by Crippen LogP contribution is -2.31. The molecule has 2 nitrogen and oxygen atoms in total. The molecule has 1 saturated heterocycles. The molecule has 0 aliphatic carbocycles. The second kappa shape index (κ2) is 10.1. The van der Waals surface area contributed by atoms with Gasteiger partial charge in [-0.3, -0.25) is 0 Å². The fourth-order valence-corrected chi connectivity index (χ4v) is 2.06. The molecule has 0 radical (unpaired) electrons. The van der Waals surface area contributed by atoms with E-state index in [1.54, 1.807) is 0 Å². The molecule has 1 fully saturated rings. The summed E-state index contributed by atoms with van der Waals surface area (Å²) in [5.74, 6) is 0.458. The van der Waals surface area contributed by atoms with Crippen LogP contribution in [-0.4, -0.2) is 35.7 Å². The Morgan fingerprint density at radius 1 is 1.06 bits per heavy atom. The van der Waals surface area contributed by atoms with Crippen LogP contribution in [0.1, 0.15) is 59.8 Å². The van der Waals surface area contributed by atoms with E-state index in [9.17, 15) is 5.11 Å². The van der Waals surface area contributed by atoms with Gasteiger partial charge >= 0.3 is 0 Å². The summed E-state index contributed by atoms with van der Waals surface area (Å²) in [6.07, 6.45) is 6.44. The van der Waals surface area contributed by atoms with Crippen LogP contribution in [0, 0.1) is 5.92 Å². The molecule has 1 N–H and O–H groups in total. The molecule has 0 saturated carbocycles. The lowest BCUT2D eigenvalue weighted by atomic mass is 10.00. The zero-order valence-corrected chi connectivity index (χ0v) is 11.7. The highest BCUT2D eigenvalue weighted by Crippen LogP contribution is 2.13. The van der Waals surface area contributed by atoms with E-state index in [0.717, 1.165) is 6.42 Å². The molecule has 0 aromatic heterocycles. The van der Waals surface area contributed by atoms with Gasteiger partial charge in [0.1, 0.15) is 0 Å². The molecule has 0 spiro atoms. The number of hydrogen-bond donors (Lipinski definition) is 1. The Hall–Kier alpha value is -0.0800. The highest BCUT2D eigenvalue weighted by atomic mass is 16.3. The molecule has 1 unspecified atom stereocenters. The van der Waals surface area contributed by atoms with Gasteiger partial charge in [0.2, 0.25) is 0 Å². The van der Waals surface area contributed by atoms with Crippen LogP contribution in [0.5, 0.6) is 0 Å². The van der Waals surface area contributed by atoms with E-state index in [1.807, 2.05) is 20.8 Å². The van der Waals surface area contributed by atoms with Gasteiger partial charge in [-0.25, -0.2) is 0 Å². The number of aliphatic hydroxyl groups excluding tert-OH is 1. The average molecular weight is 229 g/mol. The van der Waals surface area contributed by atoms with Crippen molar-refractivity contribution in [2.45, 2.75) is 65.9 Å². The lowest BCUT2D eigenvalue weighted by molar-refractivity contribution is 0.124. The second-order valence-electron chi connectivity index (χ2n) is 4.76. The first-order valence-corrected chi connectivity index (χ1v) is 7.10. The van der Waals surface area contributed by atoms with Crippen LogP contribution in [0.2, 0.25) is 0 Å². The first kappa shape index (κ1) is 15.9. The summed E-state index contributed by atoms with van der Waals surface area (Å²) in [5.41, 5.74) is 0. The highest BCUT2D eigenvalue weighted by molar-refractivity contribution is 4.66. The Bertz CT molecular complexity index is 142. The fraction of sp³-hybridized carbons (Fsp3) is 1.00. The Balaban J connectivity index is 0.00000106. The summed E-state index contributed by atoms with van der Waals surface area (Å²) in [6, 6.07) is 0. The molecular weight excluding hydrogens is 198 g/mol. The van der Waals surface area contributed by atoms with E-state index in [2.05, 4.69) is 11.8 Å². The molecule has 1 aliphatic rings. The summed E-state index contributed by atoms with van der Waals surface area (Å²) < 4.78 is 0. The Kier molecular flexibility index (Phi) is 10.0. The molecule has 0 aromatic rings. The zero-order valence-electron chi connectivity index (χ0n) is 11.7. The third-order valence-corrected chi connectivity index (χ3v) is 3.41. The molecule has 16 heavy (non-hydrogen) atoms. The van der Waals surface area contributed by atoms with E-state index in [0.29, 0.717) is 5.92 Å². The number of likely N-dealkylation sites (tertiary alicyclic amines) is 1. The van der Waals surface area contributed by atoms with E-state index in [-0.39, 0.29) is 6.10 Å². The number of aliphatic hydroxyl groups is 1. The molecule has 0 aromatic carbocycles. The summed E-state index contributed by atoms with van der Waals surface area (Å²) in [5, 5.41) is 9.34. The quantitative estimate of drug-likeness (QED) is 0.782. The SMILES string of the molecule is CC.CC(CCCN1CCCCC1)[C@H](C)O. The van der Waals surface area contributed by atoms with Gasteiger partial charge in [0.15, 0.2) is 0 Å². The van der Waals surface area contributed by atoms with Crippen molar-refractivity contribution in [3.8, 4) is 0 Å². The molecule has 0 amide bonds. The van der Waals surface area contributed by atoms with Gasteiger partial charge in [-0.2, -0.15) is 0 Å². The van der Waals surface area contributed by atoms with Gasteiger partial charge in [-0.1, -0.05) is 27.2 Å². The molecule has 1 rings (SSSR count). The molecule has 98 valence electrons. The maximum Gasteiger partial charge on any atom is 0.0537 e. The second-order valence-corrected chi connectivity index (χ2v) is 4.76.